The van der Waals surface area contributed by atoms with Crippen molar-refractivity contribution in [3.63, 3.8) is 0 Å². The zero-order valence-corrected chi connectivity index (χ0v) is 15.0. The maximum Gasteiger partial charge on any atom is 0.255 e. The first-order valence-electron chi connectivity index (χ1n) is 7.05. The van der Waals surface area contributed by atoms with Crippen molar-refractivity contribution in [3.05, 3.63) is 63.3 Å². The SMILES string of the molecule is CC(c1nc2ccccc2s1)N(C)C(=O)c1cc(F)ccc1Br. The Morgan fingerprint density at radius 1 is 1.30 bits per heavy atom. The molecule has 0 bridgehead atoms. The molecule has 3 rings (SSSR count). The molecule has 0 aliphatic rings. The number of aromatic nitrogens is 1. The molecular formula is C17H14BrFN2OS. The van der Waals surface area contributed by atoms with Crippen LogP contribution in [-0.2, 0) is 0 Å². The third-order valence-corrected chi connectivity index (χ3v) is 5.63. The van der Waals surface area contributed by atoms with Crippen molar-refractivity contribution in [2.45, 2.75) is 13.0 Å². The predicted octanol–water partition coefficient (Wildman–Crippen LogP) is 5.03. The second-order valence-corrected chi connectivity index (χ2v) is 7.15. The van der Waals surface area contributed by atoms with Gasteiger partial charge in [-0.3, -0.25) is 4.79 Å². The lowest BCUT2D eigenvalue weighted by atomic mass is 10.1. The summed E-state index contributed by atoms with van der Waals surface area (Å²) < 4.78 is 15.1. The van der Waals surface area contributed by atoms with Crippen molar-refractivity contribution < 1.29 is 9.18 Å². The van der Waals surface area contributed by atoms with Gasteiger partial charge in [0.25, 0.3) is 5.91 Å². The molecule has 0 N–H and O–H groups in total. The quantitative estimate of drug-likeness (QED) is 0.625. The topological polar surface area (TPSA) is 33.2 Å². The van der Waals surface area contributed by atoms with Gasteiger partial charge in [-0.05, 0) is 53.2 Å². The molecule has 23 heavy (non-hydrogen) atoms. The van der Waals surface area contributed by atoms with Crippen LogP contribution in [0.4, 0.5) is 4.39 Å². The minimum atomic E-state index is -0.433. The van der Waals surface area contributed by atoms with E-state index in [1.165, 1.54) is 12.1 Å². The highest BCUT2D eigenvalue weighted by Crippen LogP contribution is 2.30. The largest absolute Gasteiger partial charge is 0.332 e. The van der Waals surface area contributed by atoms with E-state index in [4.69, 9.17) is 0 Å². The average Bonchev–Trinajstić information content (AvgIpc) is 2.99. The van der Waals surface area contributed by atoms with Crippen molar-refractivity contribution in [2.24, 2.45) is 0 Å². The van der Waals surface area contributed by atoms with E-state index in [1.807, 2.05) is 31.2 Å². The molecule has 0 saturated carbocycles. The van der Waals surface area contributed by atoms with Crippen LogP contribution in [0.3, 0.4) is 0 Å². The number of rotatable bonds is 3. The summed E-state index contributed by atoms with van der Waals surface area (Å²) in [6, 6.07) is 11.8. The number of halogens is 2. The van der Waals surface area contributed by atoms with E-state index >= 15 is 0 Å². The van der Waals surface area contributed by atoms with Crippen molar-refractivity contribution in [2.75, 3.05) is 7.05 Å². The van der Waals surface area contributed by atoms with Crippen LogP contribution in [0, 0.1) is 5.82 Å². The number of benzene rings is 2. The fourth-order valence-electron chi connectivity index (χ4n) is 2.26. The van der Waals surface area contributed by atoms with E-state index in [9.17, 15) is 9.18 Å². The maximum atomic E-state index is 13.4. The van der Waals surface area contributed by atoms with Crippen LogP contribution in [0.5, 0.6) is 0 Å². The number of carbonyl (C=O) groups excluding carboxylic acids is 1. The summed E-state index contributed by atoms with van der Waals surface area (Å²) in [5, 5.41) is 0.856. The van der Waals surface area contributed by atoms with E-state index in [1.54, 1.807) is 29.4 Å². The van der Waals surface area contributed by atoms with Gasteiger partial charge in [0.1, 0.15) is 10.8 Å². The second kappa shape index (κ2) is 6.37. The van der Waals surface area contributed by atoms with Crippen LogP contribution in [0.2, 0.25) is 0 Å². The Morgan fingerprint density at radius 2 is 2.04 bits per heavy atom. The van der Waals surface area contributed by atoms with Gasteiger partial charge in [0.05, 0.1) is 21.8 Å². The number of hydrogen-bond acceptors (Lipinski definition) is 3. The molecular weight excluding hydrogens is 379 g/mol. The normalized spacial score (nSPS) is 12.3. The van der Waals surface area contributed by atoms with Crippen molar-refractivity contribution in [1.82, 2.24) is 9.88 Å². The molecule has 6 heteroatoms. The maximum absolute atomic E-state index is 13.4. The molecule has 1 unspecified atom stereocenters. The summed E-state index contributed by atoms with van der Waals surface area (Å²) >= 11 is 4.87. The first kappa shape index (κ1) is 16.1. The van der Waals surface area contributed by atoms with Crippen LogP contribution >= 0.6 is 27.3 Å². The lowest BCUT2D eigenvalue weighted by molar-refractivity contribution is 0.0741. The van der Waals surface area contributed by atoms with Gasteiger partial charge >= 0.3 is 0 Å². The molecule has 3 nitrogen and oxygen atoms in total. The number of fused-ring (bicyclic) bond motifs is 1. The first-order valence-corrected chi connectivity index (χ1v) is 8.66. The van der Waals surface area contributed by atoms with Gasteiger partial charge in [-0.2, -0.15) is 0 Å². The Labute approximate surface area is 145 Å². The number of thiazole rings is 1. The molecule has 0 aliphatic carbocycles. The second-order valence-electron chi connectivity index (χ2n) is 5.24. The van der Waals surface area contributed by atoms with Gasteiger partial charge < -0.3 is 4.90 Å². The molecule has 0 aliphatic heterocycles. The van der Waals surface area contributed by atoms with Gasteiger partial charge in [0, 0.05) is 11.5 Å². The molecule has 2 aromatic carbocycles. The summed E-state index contributed by atoms with van der Waals surface area (Å²) in [6.07, 6.45) is 0. The summed E-state index contributed by atoms with van der Waals surface area (Å²) in [4.78, 5) is 18.8. The lowest BCUT2D eigenvalue weighted by Crippen LogP contribution is -2.30. The lowest BCUT2D eigenvalue weighted by Gasteiger charge is -2.23. The van der Waals surface area contributed by atoms with Crippen LogP contribution in [-0.4, -0.2) is 22.8 Å². The number of para-hydroxylation sites is 1. The Balaban J connectivity index is 1.90. The van der Waals surface area contributed by atoms with Gasteiger partial charge in [-0.25, -0.2) is 9.37 Å². The average molecular weight is 393 g/mol. The molecule has 0 fully saturated rings. The smallest absolute Gasteiger partial charge is 0.255 e. The highest BCUT2D eigenvalue weighted by Gasteiger charge is 2.23. The van der Waals surface area contributed by atoms with Gasteiger partial charge in [0.15, 0.2) is 0 Å². The number of nitrogens with zero attached hydrogens (tertiary/aromatic N) is 2. The van der Waals surface area contributed by atoms with Crippen molar-refractivity contribution >= 4 is 43.4 Å². The monoisotopic (exact) mass is 392 g/mol. The van der Waals surface area contributed by atoms with Crippen LogP contribution < -0.4 is 0 Å². The Bertz CT molecular complexity index is 847. The van der Waals surface area contributed by atoms with Crippen molar-refractivity contribution in [3.8, 4) is 0 Å². The molecule has 3 aromatic rings. The molecule has 0 radical (unpaired) electrons. The fourth-order valence-corrected chi connectivity index (χ4v) is 3.74. The minimum Gasteiger partial charge on any atom is -0.332 e. The molecule has 1 aromatic heterocycles. The van der Waals surface area contributed by atoms with E-state index in [0.29, 0.717) is 10.0 Å². The molecule has 0 saturated heterocycles. The summed E-state index contributed by atoms with van der Waals surface area (Å²) in [5.41, 5.74) is 1.23. The number of carbonyl (C=O) groups is 1. The first-order chi connectivity index (χ1) is 11.0. The minimum absolute atomic E-state index is 0.199. The molecule has 118 valence electrons. The number of hydrogen-bond donors (Lipinski definition) is 0. The highest BCUT2D eigenvalue weighted by atomic mass is 79.9. The molecule has 0 spiro atoms. The fraction of sp³-hybridized carbons (Fsp3) is 0.176. The van der Waals surface area contributed by atoms with E-state index < -0.39 is 5.82 Å². The van der Waals surface area contributed by atoms with E-state index in [-0.39, 0.29) is 11.9 Å². The highest BCUT2D eigenvalue weighted by molar-refractivity contribution is 9.10. The molecule has 1 atom stereocenters. The Hall–Kier alpha value is -1.79. The predicted molar refractivity (Wildman–Crippen MR) is 94.2 cm³/mol. The van der Waals surface area contributed by atoms with Crippen LogP contribution in [0.1, 0.15) is 28.3 Å². The van der Waals surface area contributed by atoms with Gasteiger partial charge in [-0.15, -0.1) is 11.3 Å². The zero-order chi connectivity index (χ0) is 16.6. The van der Waals surface area contributed by atoms with E-state index in [0.717, 1.165) is 15.2 Å². The Kier molecular flexibility index (Phi) is 4.46. The zero-order valence-electron chi connectivity index (χ0n) is 12.6. The van der Waals surface area contributed by atoms with Crippen molar-refractivity contribution in [1.29, 1.82) is 0 Å². The standard InChI is InChI=1S/C17H14BrFN2OS/c1-10(16-20-14-5-3-4-6-15(14)23-16)21(2)17(22)12-9-11(19)7-8-13(12)18/h3-10H,1-2H3. The summed E-state index contributed by atoms with van der Waals surface area (Å²) in [5.74, 6) is -0.680. The van der Waals surface area contributed by atoms with Crippen LogP contribution in [0.15, 0.2) is 46.9 Å². The van der Waals surface area contributed by atoms with Gasteiger partial charge in [-0.1, -0.05) is 12.1 Å². The molecule has 1 amide bonds. The van der Waals surface area contributed by atoms with E-state index in [2.05, 4.69) is 20.9 Å². The number of amides is 1. The van der Waals surface area contributed by atoms with Crippen LogP contribution in [0.25, 0.3) is 10.2 Å². The summed E-state index contributed by atoms with van der Waals surface area (Å²) in [6.45, 7) is 1.92. The third-order valence-electron chi connectivity index (χ3n) is 3.73. The van der Waals surface area contributed by atoms with Gasteiger partial charge in [0.2, 0.25) is 0 Å². The third kappa shape index (κ3) is 3.14. The summed E-state index contributed by atoms with van der Waals surface area (Å²) in [7, 11) is 1.70. The Morgan fingerprint density at radius 3 is 2.78 bits per heavy atom. The molecule has 1 heterocycles.